The number of nitrogens with one attached hydrogen (secondary N) is 1. The molecule has 1 N–H and O–H groups in total. The van der Waals surface area contributed by atoms with Crippen molar-refractivity contribution in [3.05, 3.63) is 28.8 Å². The minimum atomic E-state index is -0.719. The van der Waals surface area contributed by atoms with Gasteiger partial charge in [0.1, 0.15) is 11.3 Å². The van der Waals surface area contributed by atoms with Gasteiger partial charge < -0.3 is 9.47 Å². The number of carbonyl (C=O) groups is 3. The molecular weight excluding hydrogens is 226 g/mol. The van der Waals surface area contributed by atoms with Crippen LogP contribution in [0.1, 0.15) is 31.1 Å². The van der Waals surface area contributed by atoms with E-state index in [1.54, 1.807) is 0 Å². The number of benzene rings is 1. The number of carbonyl (C=O) groups excluding carboxylic acids is 3. The van der Waals surface area contributed by atoms with Gasteiger partial charge >= 0.3 is 5.97 Å². The number of esters is 1. The van der Waals surface area contributed by atoms with Crippen molar-refractivity contribution in [1.82, 2.24) is 5.32 Å². The molecular formula is C11H9NO5. The van der Waals surface area contributed by atoms with Crippen molar-refractivity contribution in [3.8, 4) is 5.75 Å². The van der Waals surface area contributed by atoms with Crippen molar-refractivity contribution in [2.45, 2.75) is 0 Å². The van der Waals surface area contributed by atoms with Gasteiger partial charge in [0, 0.05) is 0 Å². The summed E-state index contributed by atoms with van der Waals surface area (Å²) < 4.78 is 9.56. The second kappa shape index (κ2) is 3.89. The molecule has 1 aromatic carbocycles. The van der Waals surface area contributed by atoms with Crippen LogP contribution in [-0.4, -0.2) is 32.0 Å². The summed E-state index contributed by atoms with van der Waals surface area (Å²) in [6.07, 6.45) is 0. The first-order valence-corrected chi connectivity index (χ1v) is 4.75. The van der Waals surface area contributed by atoms with Crippen LogP contribution < -0.4 is 10.1 Å². The van der Waals surface area contributed by atoms with Crippen molar-refractivity contribution in [1.29, 1.82) is 0 Å². The van der Waals surface area contributed by atoms with Crippen LogP contribution in [-0.2, 0) is 4.74 Å². The van der Waals surface area contributed by atoms with Gasteiger partial charge in [-0.05, 0) is 12.1 Å². The number of fused-ring (bicyclic) bond motifs is 1. The van der Waals surface area contributed by atoms with E-state index in [0.717, 1.165) is 0 Å². The zero-order chi connectivity index (χ0) is 12.6. The van der Waals surface area contributed by atoms with Gasteiger partial charge in [0.2, 0.25) is 0 Å². The third kappa shape index (κ3) is 1.54. The third-order valence-corrected chi connectivity index (χ3v) is 2.48. The molecule has 0 saturated heterocycles. The Morgan fingerprint density at radius 3 is 2.47 bits per heavy atom. The van der Waals surface area contributed by atoms with Gasteiger partial charge in [-0.15, -0.1) is 0 Å². The van der Waals surface area contributed by atoms with Crippen molar-refractivity contribution >= 4 is 17.8 Å². The summed E-state index contributed by atoms with van der Waals surface area (Å²) in [7, 11) is 2.55. The highest BCUT2D eigenvalue weighted by Gasteiger charge is 2.34. The molecule has 0 fully saturated rings. The van der Waals surface area contributed by atoms with E-state index in [0.29, 0.717) is 0 Å². The molecule has 0 bridgehead atoms. The maximum absolute atomic E-state index is 11.6. The molecule has 6 heteroatoms. The summed E-state index contributed by atoms with van der Waals surface area (Å²) >= 11 is 0. The molecule has 6 nitrogen and oxygen atoms in total. The van der Waals surface area contributed by atoms with Crippen molar-refractivity contribution in [3.63, 3.8) is 0 Å². The van der Waals surface area contributed by atoms with E-state index in [1.807, 2.05) is 0 Å². The molecule has 1 aliphatic heterocycles. The monoisotopic (exact) mass is 235 g/mol. The van der Waals surface area contributed by atoms with Gasteiger partial charge in [0.15, 0.2) is 0 Å². The molecule has 0 spiro atoms. The Hall–Kier alpha value is -2.37. The van der Waals surface area contributed by atoms with Gasteiger partial charge in [-0.3, -0.25) is 14.9 Å². The summed E-state index contributed by atoms with van der Waals surface area (Å²) in [4.78, 5) is 34.6. The maximum atomic E-state index is 11.6. The molecule has 1 heterocycles. The molecule has 0 saturated carbocycles. The third-order valence-electron chi connectivity index (χ3n) is 2.48. The molecule has 0 aromatic heterocycles. The Balaban J connectivity index is 2.74. The fraction of sp³-hybridized carbons (Fsp3) is 0.182. The Bertz CT molecular complexity index is 535. The molecule has 1 aromatic rings. The maximum Gasteiger partial charge on any atom is 0.342 e. The van der Waals surface area contributed by atoms with Crippen LogP contribution in [0.2, 0.25) is 0 Å². The lowest BCUT2D eigenvalue weighted by atomic mass is 10.0. The van der Waals surface area contributed by atoms with E-state index >= 15 is 0 Å². The Kier molecular flexibility index (Phi) is 2.55. The molecule has 2 rings (SSSR count). The number of amides is 2. The lowest BCUT2D eigenvalue weighted by Gasteiger charge is -2.09. The second-order valence-corrected chi connectivity index (χ2v) is 3.34. The highest BCUT2D eigenvalue weighted by Crippen LogP contribution is 2.29. The minimum Gasteiger partial charge on any atom is -0.496 e. The lowest BCUT2D eigenvalue weighted by molar-refractivity contribution is 0.0592. The van der Waals surface area contributed by atoms with E-state index in [4.69, 9.17) is 4.74 Å². The summed E-state index contributed by atoms with van der Waals surface area (Å²) in [5, 5.41) is 2.11. The fourth-order valence-corrected chi connectivity index (χ4v) is 1.72. The van der Waals surface area contributed by atoms with Crippen LogP contribution >= 0.6 is 0 Å². The van der Waals surface area contributed by atoms with Crippen molar-refractivity contribution in [2.24, 2.45) is 0 Å². The van der Waals surface area contributed by atoms with Gasteiger partial charge in [-0.2, -0.15) is 0 Å². The van der Waals surface area contributed by atoms with E-state index < -0.39 is 17.8 Å². The second-order valence-electron chi connectivity index (χ2n) is 3.34. The first-order chi connectivity index (χ1) is 8.10. The number of hydrogen-bond acceptors (Lipinski definition) is 5. The minimum absolute atomic E-state index is 0.00111. The van der Waals surface area contributed by atoms with Gasteiger partial charge in [-0.1, -0.05) is 0 Å². The lowest BCUT2D eigenvalue weighted by Crippen LogP contribution is -2.21. The average molecular weight is 235 g/mol. The zero-order valence-electron chi connectivity index (χ0n) is 9.20. The summed E-state index contributed by atoms with van der Waals surface area (Å²) in [6, 6.07) is 2.88. The number of imide groups is 1. The number of ether oxygens (including phenoxy) is 2. The van der Waals surface area contributed by atoms with Crippen LogP contribution in [0.3, 0.4) is 0 Å². The number of hydrogen-bond donors (Lipinski definition) is 1. The molecule has 0 radical (unpaired) electrons. The first-order valence-electron chi connectivity index (χ1n) is 4.75. The fourth-order valence-electron chi connectivity index (χ4n) is 1.72. The predicted molar refractivity (Wildman–Crippen MR) is 56.1 cm³/mol. The quantitative estimate of drug-likeness (QED) is 0.591. The number of methoxy groups -OCH3 is 2. The summed E-state index contributed by atoms with van der Waals surface area (Å²) in [6.45, 7) is 0. The number of rotatable bonds is 2. The average Bonchev–Trinajstić information content (AvgIpc) is 2.63. The summed E-state index contributed by atoms with van der Waals surface area (Å²) in [5.74, 6) is -1.67. The molecule has 2 amide bonds. The van der Waals surface area contributed by atoms with E-state index in [1.165, 1.54) is 26.4 Å². The Morgan fingerprint density at radius 2 is 1.88 bits per heavy atom. The topological polar surface area (TPSA) is 81.7 Å². The molecule has 88 valence electrons. The SMILES string of the molecule is COC(=O)c1c(OC)ccc2c1C(=O)NC2=O. The molecule has 1 aliphatic rings. The normalized spacial score (nSPS) is 13.1. The highest BCUT2D eigenvalue weighted by atomic mass is 16.5. The van der Waals surface area contributed by atoms with Crippen LogP contribution in [0.5, 0.6) is 5.75 Å². The molecule has 0 aliphatic carbocycles. The van der Waals surface area contributed by atoms with E-state index in [-0.39, 0.29) is 22.4 Å². The standard InChI is InChI=1S/C11H9NO5/c1-16-6-4-3-5-7(8(6)11(15)17-2)10(14)12-9(5)13/h3-4H,1-2H3,(H,12,13,14). The van der Waals surface area contributed by atoms with Gasteiger partial charge in [0.05, 0.1) is 25.3 Å². The van der Waals surface area contributed by atoms with Crippen molar-refractivity contribution in [2.75, 3.05) is 14.2 Å². The van der Waals surface area contributed by atoms with Crippen LogP contribution in [0.4, 0.5) is 0 Å². The van der Waals surface area contributed by atoms with E-state index in [2.05, 4.69) is 10.1 Å². The largest absolute Gasteiger partial charge is 0.496 e. The Morgan fingerprint density at radius 1 is 1.18 bits per heavy atom. The van der Waals surface area contributed by atoms with E-state index in [9.17, 15) is 14.4 Å². The smallest absolute Gasteiger partial charge is 0.342 e. The highest BCUT2D eigenvalue weighted by molar-refractivity contribution is 6.25. The molecule has 17 heavy (non-hydrogen) atoms. The van der Waals surface area contributed by atoms with Crippen LogP contribution in [0.15, 0.2) is 12.1 Å². The zero-order valence-corrected chi connectivity index (χ0v) is 9.20. The van der Waals surface area contributed by atoms with Crippen molar-refractivity contribution < 1.29 is 23.9 Å². The summed E-state index contributed by atoms with van der Waals surface area (Å²) in [5.41, 5.74) is 0.119. The van der Waals surface area contributed by atoms with Crippen LogP contribution in [0, 0.1) is 0 Å². The Labute approximate surface area is 96.5 Å². The molecule has 0 atom stereocenters. The first kappa shape index (κ1) is 11.1. The predicted octanol–water partition coefficient (Wildman–Crippen LogP) is 0.365. The van der Waals surface area contributed by atoms with Crippen LogP contribution in [0.25, 0.3) is 0 Å². The molecule has 0 unspecified atom stereocenters. The van der Waals surface area contributed by atoms with Gasteiger partial charge in [-0.25, -0.2) is 4.79 Å². The van der Waals surface area contributed by atoms with Gasteiger partial charge in [0.25, 0.3) is 11.8 Å².